The summed E-state index contributed by atoms with van der Waals surface area (Å²) in [5.41, 5.74) is 6.00. The lowest BCUT2D eigenvalue weighted by molar-refractivity contribution is -0.00457. The van der Waals surface area contributed by atoms with Crippen LogP contribution < -0.4 is 5.73 Å². The van der Waals surface area contributed by atoms with Crippen LogP contribution in [0.25, 0.3) is 0 Å². The predicted octanol–water partition coefficient (Wildman–Crippen LogP) is 2.39. The SMILES string of the molecule is CCN(CCC(N)C(C)(C)OC)C1CCCC1. The molecule has 0 saturated heterocycles. The topological polar surface area (TPSA) is 38.5 Å². The van der Waals surface area contributed by atoms with Crippen molar-refractivity contribution in [1.29, 1.82) is 0 Å². The summed E-state index contributed by atoms with van der Waals surface area (Å²) in [6.07, 6.45) is 6.56. The first kappa shape index (κ1) is 14.9. The highest BCUT2D eigenvalue weighted by molar-refractivity contribution is 4.84. The molecule has 17 heavy (non-hydrogen) atoms. The zero-order valence-electron chi connectivity index (χ0n) is 12.0. The van der Waals surface area contributed by atoms with Gasteiger partial charge in [0.15, 0.2) is 0 Å². The van der Waals surface area contributed by atoms with Gasteiger partial charge in [-0.1, -0.05) is 19.8 Å². The summed E-state index contributed by atoms with van der Waals surface area (Å²) in [6, 6.07) is 0.917. The van der Waals surface area contributed by atoms with Gasteiger partial charge >= 0.3 is 0 Å². The molecule has 0 radical (unpaired) electrons. The largest absolute Gasteiger partial charge is 0.377 e. The molecule has 0 bridgehead atoms. The van der Waals surface area contributed by atoms with E-state index in [1.807, 2.05) is 0 Å². The third-order valence-electron chi connectivity index (χ3n) is 4.39. The lowest BCUT2D eigenvalue weighted by atomic mass is 9.96. The number of hydrogen-bond acceptors (Lipinski definition) is 3. The van der Waals surface area contributed by atoms with Gasteiger partial charge < -0.3 is 15.4 Å². The van der Waals surface area contributed by atoms with Gasteiger partial charge in [-0.3, -0.25) is 0 Å². The second kappa shape index (κ2) is 6.72. The highest BCUT2D eigenvalue weighted by atomic mass is 16.5. The molecule has 0 aromatic rings. The Morgan fingerprint density at radius 3 is 2.41 bits per heavy atom. The minimum Gasteiger partial charge on any atom is -0.377 e. The minimum atomic E-state index is -0.213. The van der Waals surface area contributed by atoms with Crippen LogP contribution >= 0.6 is 0 Å². The molecule has 102 valence electrons. The normalized spacial score (nSPS) is 20.1. The van der Waals surface area contributed by atoms with Crippen LogP contribution in [0.3, 0.4) is 0 Å². The van der Waals surface area contributed by atoms with Crippen molar-refractivity contribution in [3.8, 4) is 0 Å². The summed E-state index contributed by atoms with van der Waals surface area (Å²) >= 11 is 0. The van der Waals surface area contributed by atoms with Crippen molar-refractivity contribution < 1.29 is 4.74 Å². The van der Waals surface area contributed by atoms with Gasteiger partial charge in [-0.25, -0.2) is 0 Å². The van der Waals surface area contributed by atoms with Crippen LogP contribution in [0.4, 0.5) is 0 Å². The van der Waals surface area contributed by atoms with E-state index in [2.05, 4.69) is 25.7 Å². The molecule has 0 aliphatic heterocycles. The number of ether oxygens (including phenoxy) is 1. The summed E-state index contributed by atoms with van der Waals surface area (Å²) < 4.78 is 5.45. The number of nitrogens with two attached hydrogens (primary N) is 1. The van der Waals surface area contributed by atoms with Crippen LogP contribution in [0.5, 0.6) is 0 Å². The molecule has 1 atom stereocenters. The molecule has 1 rings (SSSR count). The molecule has 0 aromatic carbocycles. The number of rotatable bonds is 7. The van der Waals surface area contributed by atoms with Crippen LogP contribution in [0.1, 0.15) is 52.9 Å². The molecule has 0 aromatic heterocycles. The summed E-state index contributed by atoms with van der Waals surface area (Å²) in [6.45, 7) is 8.65. The molecule has 1 aliphatic rings. The van der Waals surface area contributed by atoms with Crippen LogP contribution in [0.2, 0.25) is 0 Å². The summed E-state index contributed by atoms with van der Waals surface area (Å²) in [7, 11) is 1.74. The summed E-state index contributed by atoms with van der Waals surface area (Å²) in [5.74, 6) is 0. The van der Waals surface area contributed by atoms with E-state index < -0.39 is 0 Å². The zero-order valence-corrected chi connectivity index (χ0v) is 12.0. The third kappa shape index (κ3) is 4.23. The standard InChI is InChI=1S/C14H30N2O/c1-5-16(12-8-6-7-9-12)11-10-13(15)14(2,3)17-4/h12-13H,5-11,15H2,1-4H3. The molecule has 0 amide bonds. The van der Waals surface area contributed by atoms with E-state index in [1.165, 1.54) is 25.7 Å². The van der Waals surface area contributed by atoms with Gasteiger partial charge in [-0.15, -0.1) is 0 Å². The van der Waals surface area contributed by atoms with Crippen LogP contribution in [0.15, 0.2) is 0 Å². The quantitative estimate of drug-likeness (QED) is 0.745. The van der Waals surface area contributed by atoms with Crippen LogP contribution in [0, 0.1) is 0 Å². The fourth-order valence-electron chi connectivity index (χ4n) is 2.67. The van der Waals surface area contributed by atoms with Gasteiger partial charge in [0.25, 0.3) is 0 Å². The molecule has 3 nitrogen and oxygen atoms in total. The van der Waals surface area contributed by atoms with Gasteiger partial charge in [0.05, 0.1) is 5.60 Å². The Morgan fingerprint density at radius 2 is 1.94 bits per heavy atom. The lowest BCUT2D eigenvalue weighted by Crippen LogP contribution is -2.47. The molecule has 1 unspecified atom stereocenters. The molecule has 1 fully saturated rings. The van der Waals surface area contributed by atoms with Crippen molar-refractivity contribution >= 4 is 0 Å². The maximum Gasteiger partial charge on any atom is 0.0773 e. The maximum atomic E-state index is 6.21. The average Bonchev–Trinajstić information content (AvgIpc) is 2.83. The van der Waals surface area contributed by atoms with Crippen LogP contribution in [-0.2, 0) is 4.74 Å². The van der Waals surface area contributed by atoms with Gasteiger partial charge in [-0.2, -0.15) is 0 Å². The van der Waals surface area contributed by atoms with Crippen LogP contribution in [-0.4, -0.2) is 42.8 Å². The Morgan fingerprint density at radius 1 is 1.35 bits per heavy atom. The maximum absolute atomic E-state index is 6.21. The molecule has 1 saturated carbocycles. The van der Waals surface area contributed by atoms with E-state index in [0.717, 1.165) is 25.6 Å². The van der Waals surface area contributed by atoms with Crippen molar-refractivity contribution in [3.63, 3.8) is 0 Å². The second-order valence-electron chi connectivity index (χ2n) is 5.77. The molecule has 1 aliphatic carbocycles. The Balaban J connectivity index is 2.36. The second-order valence-corrected chi connectivity index (χ2v) is 5.77. The van der Waals surface area contributed by atoms with Crippen molar-refractivity contribution in [3.05, 3.63) is 0 Å². The lowest BCUT2D eigenvalue weighted by Gasteiger charge is -2.33. The Kier molecular flexibility index (Phi) is 5.90. The molecule has 0 heterocycles. The van der Waals surface area contributed by atoms with Crippen molar-refractivity contribution in [2.24, 2.45) is 5.73 Å². The third-order valence-corrected chi connectivity index (χ3v) is 4.39. The highest BCUT2D eigenvalue weighted by Gasteiger charge is 2.27. The first-order valence-electron chi connectivity index (χ1n) is 7.06. The molecule has 2 N–H and O–H groups in total. The molecular formula is C14H30N2O. The van der Waals surface area contributed by atoms with Gasteiger partial charge in [0, 0.05) is 19.2 Å². The van der Waals surface area contributed by atoms with E-state index in [-0.39, 0.29) is 11.6 Å². The fraction of sp³-hybridized carbons (Fsp3) is 1.00. The number of methoxy groups -OCH3 is 1. The van der Waals surface area contributed by atoms with Gasteiger partial charge in [0.1, 0.15) is 0 Å². The number of hydrogen-bond donors (Lipinski definition) is 1. The van der Waals surface area contributed by atoms with E-state index in [1.54, 1.807) is 7.11 Å². The van der Waals surface area contributed by atoms with E-state index >= 15 is 0 Å². The monoisotopic (exact) mass is 242 g/mol. The van der Waals surface area contributed by atoms with Crippen molar-refractivity contribution in [2.75, 3.05) is 20.2 Å². The first-order valence-corrected chi connectivity index (χ1v) is 7.06. The zero-order chi connectivity index (χ0) is 12.9. The van der Waals surface area contributed by atoms with E-state index in [9.17, 15) is 0 Å². The van der Waals surface area contributed by atoms with Crippen molar-refractivity contribution in [2.45, 2.75) is 70.6 Å². The minimum absolute atomic E-state index is 0.114. The predicted molar refractivity (Wildman–Crippen MR) is 73.2 cm³/mol. The summed E-state index contributed by atoms with van der Waals surface area (Å²) in [5, 5.41) is 0. The first-order chi connectivity index (χ1) is 8.01. The van der Waals surface area contributed by atoms with E-state index in [4.69, 9.17) is 10.5 Å². The van der Waals surface area contributed by atoms with Gasteiger partial charge in [0.2, 0.25) is 0 Å². The Hall–Kier alpha value is -0.120. The summed E-state index contributed by atoms with van der Waals surface area (Å²) in [4.78, 5) is 2.60. The Bertz CT molecular complexity index is 212. The number of nitrogens with zero attached hydrogens (tertiary/aromatic N) is 1. The Labute approximate surface area is 107 Å². The fourth-order valence-corrected chi connectivity index (χ4v) is 2.67. The average molecular weight is 242 g/mol. The molecule has 0 spiro atoms. The highest BCUT2D eigenvalue weighted by Crippen LogP contribution is 2.24. The van der Waals surface area contributed by atoms with Gasteiger partial charge in [-0.05, 0) is 46.2 Å². The molecular weight excluding hydrogens is 212 g/mol. The molecule has 3 heteroatoms. The van der Waals surface area contributed by atoms with E-state index in [0.29, 0.717) is 0 Å². The smallest absolute Gasteiger partial charge is 0.0773 e. The van der Waals surface area contributed by atoms with Crippen molar-refractivity contribution in [1.82, 2.24) is 4.90 Å².